The lowest BCUT2D eigenvalue weighted by Gasteiger charge is -2.38. The van der Waals surface area contributed by atoms with Crippen LogP contribution in [0.25, 0.3) is 6.08 Å². The lowest BCUT2D eigenvalue weighted by atomic mass is 9.90. The SMILES string of the molecule is CNc1cc2c3c(c1OC)CCCN3CCC2.CNc1ccccc1/C=C\CC=N. The van der Waals surface area contributed by atoms with Crippen LogP contribution in [0.1, 0.15) is 36.0 Å². The van der Waals surface area contributed by atoms with Crippen LogP contribution in [-0.2, 0) is 12.8 Å². The van der Waals surface area contributed by atoms with Crippen LogP contribution in [0.4, 0.5) is 17.1 Å². The third-order valence-electron chi connectivity index (χ3n) is 5.73. The molecule has 5 nitrogen and oxygen atoms in total. The summed E-state index contributed by atoms with van der Waals surface area (Å²) in [5, 5.41) is 13.3. The van der Waals surface area contributed by atoms with Gasteiger partial charge in [-0.25, -0.2) is 0 Å². The minimum absolute atomic E-state index is 0.693. The molecule has 0 atom stereocenters. The summed E-state index contributed by atoms with van der Waals surface area (Å²) in [6.45, 7) is 2.42. The van der Waals surface area contributed by atoms with Gasteiger partial charge >= 0.3 is 0 Å². The van der Waals surface area contributed by atoms with Crippen LogP contribution in [0.2, 0.25) is 0 Å². The molecular weight excluding hydrogens is 372 g/mol. The van der Waals surface area contributed by atoms with E-state index < -0.39 is 0 Å². The quantitative estimate of drug-likeness (QED) is 0.576. The highest BCUT2D eigenvalue weighted by Crippen LogP contribution is 2.44. The molecule has 30 heavy (non-hydrogen) atoms. The van der Waals surface area contributed by atoms with Gasteiger partial charge < -0.3 is 25.7 Å². The average Bonchev–Trinajstić information content (AvgIpc) is 2.80. The van der Waals surface area contributed by atoms with Gasteiger partial charge in [0.2, 0.25) is 0 Å². The minimum Gasteiger partial charge on any atom is -0.494 e. The first-order valence-electron chi connectivity index (χ1n) is 10.8. The van der Waals surface area contributed by atoms with Gasteiger partial charge in [0.1, 0.15) is 5.75 Å². The van der Waals surface area contributed by atoms with Crippen molar-refractivity contribution in [1.82, 2.24) is 0 Å². The minimum atomic E-state index is 0.693. The monoisotopic (exact) mass is 406 g/mol. The molecule has 3 N–H and O–H groups in total. The normalized spacial score (nSPS) is 14.4. The van der Waals surface area contributed by atoms with Crippen molar-refractivity contribution in [3.8, 4) is 5.75 Å². The molecule has 5 heteroatoms. The highest BCUT2D eigenvalue weighted by molar-refractivity contribution is 5.76. The number of nitrogens with zero attached hydrogens (tertiary/aromatic N) is 1. The molecule has 2 aliphatic rings. The van der Waals surface area contributed by atoms with E-state index in [0.29, 0.717) is 6.42 Å². The van der Waals surface area contributed by atoms with E-state index >= 15 is 0 Å². The number of aryl methyl sites for hydroxylation is 1. The van der Waals surface area contributed by atoms with Gasteiger partial charge in [-0.1, -0.05) is 30.4 Å². The second kappa shape index (κ2) is 10.7. The Kier molecular flexibility index (Phi) is 7.77. The topological polar surface area (TPSA) is 60.4 Å². The first-order chi connectivity index (χ1) is 14.7. The molecule has 0 amide bonds. The Balaban J connectivity index is 0.000000178. The number of hydrogen-bond acceptors (Lipinski definition) is 5. The van der Waals surface area contributed by atoms with Gasteiger partial charge in [0.15, 0.2) is 0 Å². The van der Waals surface area contributed by atoms with Crippen molar-refractivity contribution in [3.05, 3.63) is 53.1 Å². The van der Waals surface area contributed by atoms with Gasteiger partial charge in [-0.15, -0.1) is 0 Å². The first-order valence-corrected chi connectivity index (χ1v) is 10.8. The molecule has 0 bridgehead atoms. The van der Waals surface area contributed by atoms with Crippen LogP contribution in [0, 0.1) is 5.41 Å². The van der Waals surface area contributed by atoms with Gasteiger partial charge in [0.05, 0.1) is 12.8 Å². The maximum atomic E-state index is 6.88. The molecule has 2 heterocycles. The molecule has 4 rings (SSSR count). The second-order valence-electron chi connectivity index (χ2n) is 7.57. The van der Waals surface area contributed by atoms with Crippen LogP contribution in [0.3, 0.4) is 0 Å². The van der Waals surface area contributed by atoms with Crippen LogP contribution in [0.5, 0.6) is 5.75 Å². The Morgan fingerprint density at radius 3 is 2.50 bits per heavy atom. The van der Waals surface area contributed by atoms with Crippen molar-refractivity contribution in [2.45, 2.75) is 32.1 Å². The summed E-state index contributed by atoms with van der Waals surface area (Å²) in [7, 11) is 5.66. The van der Waals surface area contributed by atoms with Crippen molar-refractivity contribution in [2.24, 2.45) is 0 Å². The zero-order chi connectivity index (χ0) is 21.3. The van der Waals surface area contributed by atoms with Crippen LogP contribution >= 0.6 is 0 Å². The number of anilines is 3. The van der Waals surface area contributed by atoms with Crippen LogP contribution in [-0.4, -0.2) is 40.5 Å². The summed E-state index contributed by atoms with van der Waals surface area (Å²) < 4.78 is 5.62. The van der Waals surface area contributed by atoms with Crippen molar-refractivity contribution in [2.75, 3.05) is 49.8 Å². The van der Waals surface area contributed by atoms with Gasteiger partial charge in [-0.3, -0.25) is 0 Å². The van der Waals surface area contributed by atoms with Crippen LogP contribution in [0.15, 0.2) is 36.4 Å². The number of hydrogen-bond donors (Lipinski definition) is 3. The fourth-order valence-corrected chi connectivity index (χ4v) is 4.38. The third-order valence-corrected chi connectivity index (χ3v) is 5.73. The number of allylic oxidation sites excluding steroid dienone is 1. The standard InChI is InChI=1S/C14H20N2O.C11H14N2/c1-15-12-9-10-5-3-7-16-8-4-6-11(13(10)16)14(12)17-2;1-13-11-8-3-2-6-10(11)7-4-5-9-12/h9,15H,3-8H2,1-2H3;2-4,6-9,12-13H,5H2,1H3/b;7-4-,12-9?. The van der Waals surface area contributed by atoms with E-state index in [4.69, 9.17) is 10.1 Å². The molecule has 160 valence electrons. The fraction of sp³-hybridized carbons (Fsp3) is 0.400. The maximum Gasteiger partial charge on any atom is 0.147 e. The Labute approximate surface area is 180 Å². The van der Waals surface area contributed by atoms with Gasteiger partial charge in [-0.05, 0) is 55.2 Å². The second-order valence-corrected chi connectivity index (χ2v) is 7.57. The molecule has 2 aliphatic heterocycles. The van der Waals surface area contributed by atoms with E-state index in [-0.39, 0.29) is 0 Å². The zero-order valence-electron chi connectivity index (χ0n) is 18.4. The van der Waals surface area contributed by atoms with Gasteiger partial charge in [0, 0.05) is 50.5 Å². The fourth-order valence-electron chi connectivity index (χ4n) is 4.38. The van der Waals surface area contributed by atoms with Crippen molar-refractivity contribution >= 4 is 29.4 Å². The summed E-state index contributed by atoms with van der Waals surface area (Å²) in [6.07, 6.45) is 11.0. The Morgan fingerprint density at radius 2 is 1.80 bits per heavy atom. The van der Waals surface area contributed by atoms with Crippen molar-refractivity contribution in [1.29, 1.82) is 5.41 Å². The lowest BCUT2D eigenvalue weighted by Crippen LogP contribution is -2.34. The van der Waals surface area contributed by atoms with Crippen molar-refractivity contribution < 1.29 is 4.74 Å². The summed E-state index contributed by atoms with van der Waals surface area (Å²) in [4.78, 5) is 2.54. The number of para-hydroxylation sites is 1. The molecule has 2 aromatic rings. The summed E-state index contributed by atoms with van der Waals surface area (Å²) >= 11 is 0. The first kappa shape index (κ1) is 21.8. The molecule has 0 aromatic heterocycles. The number of methoxy groups -OCH3 is 1. The van der Waals surface area contributed by atoms with E-state index in [0.717, 1.165) is 29.1 Å². The van der Waals surface area contributed by atoms with Crippen molar-refractivity contribution in [3.63, 3.8) is 0 Å². The van der Waals surface area contributed by atoms with Crippen LogP contribution < -0.4 is 20.3 Å². The predicted molar refractivity (Wildman–Crippen MR) is 130 cm³/mol. The van der Waals surface area contributed by atoms with E-state index in [2.05, 4.69) is 21.6 Å². The smallest absolute Gasteiger partial charge is 0.147 e. The van der Waals surface area contributed by atoms with E-state index in [9.17, 15) is 0 Å². The number of ether oxygens (including phenoxy) is 1. The maximum absolute atomic E-state index is 6.88. The Bertz CT molecular complexity index is 889. The molecule has 2 aromatic carbocycles. The molecular formula is C25H34N4O. The highest BCUT2D eigenvalue weighted by atomic mass is 16.5. The molecule has 0 radical (unpaired) electrons. The third kappa shape index (κ3) is 4.78. The summed E-state index contributed by atoms with van der Waals surface area (Å²) in [5.41, 5.74) is 7.80. The zero-order valence-corrected chi connectivity index (χ0v) is 18.4. The largest absolute Gasteiger partial charge is 0.494 e. The van der Waals surface area contributed by atoms with E-state index in [1.807, 2.05) is 50.5 Å². The van der Waals surface area contributed by atoms with E-state index in [1.54, 1.807) is 7.11 Å². The Hall–Kier alpha value is -2.95. The molecule has 0 saturated heterocycles. The molecule has 0 unspecified atom stereocenters. The predicted octanol–water partition coefficient (Wildman–Crippen LogP) is 5.22. The molecule has 0 saturated carbocycles. The Morgan fingerprint density at radius 1 is 1.07 bits per heavy atom. The summed E-state index contributed by atoms with van der Waals surface area (Å²) in [5.74, 6) is 1.05. The average molecular weight is 407 g/mol. The number of benzene rings is 2. The molecule has 0 aliphatic carbocycles. The van der Waals surface area contributed by atoms with Gasteiger partial charge in [0.25, 0.3) is 0 Å². The number of rotatable bonds is 6. The highest BCUT2D eigenvalue weighted by Gasteiger charge is 2.27. The van der Waals surface area contributed by atoms with Gasteiger partial charge in [-0.2, -0.15) is 0 Å². The van der Waals surface area contributed by atoms with E-state index in [1.165, 1.54) is 55.4 Å². The summed E-state index contributed by atoms with van der Waals surface area (Å²) in [6, 6.07) is 10.4. The molecule has 0 spiro atoms. The lowest BCUT2D eigenvalue weighted by molar-refractivity contribution is 0.409. The molecule has 0 fully saturated rings. The number of nitrogens with one attached hydrogen (secondary N) is 3.